The maximum Gasteiger partial charge on any atom is 0.323 e. The van der Waals surface area contributed by atoms with E-state index in [2.05, 4.69) is 12.2 Å². The van der Waals surface area contributed by atoms with Gasteiger partial charge in [0.25, 0.3) is 0 Å². The minimum Gasteiger partial charge on any atom is -0.394 e. The third-order valence-corrected chi connectivity index (χ3v) is 3.60. The first-order valence-electron chi connectivity index (χ1n) is 7.78. The zero-order valence-electron chi connectivity index (χ0n) is 13.6. The van der Waals surface area contributed by atoms with E-state index in [1.165, 1.54) is 13.2 Å². The minimum atomic E-state index is -1.14. The van der Waals surface area contributed by atoms with Crippen molar-refractivity contribution in [1.82, 2.24) is 10.2 Å². The van der Waals surface area contributed by atoms with E-state index in [0.29, 0.717) is 12.9 Å². The molecule has 0 saturated carbocycles. The maximum absolute atomic E-state index is 11.9. The van der Waals surface area contributed by atoms with Crippen molar-refractivity contribution in [2.75, 3.05) is 20.3 Å². The van der Waals surface area contributed by atoms with E-state index in [1.807, 2.05) is 0 Å². The Bertz CT molecular complexity index is 403. The molecule has 8 heteroatoms. The lowest BCUT2D eigenvalue weighted by Crippen LogP contribution is -2.48. The summed E-state index contributed by atoms with van der Waals surface area (Å²) >= 11 is 0. The number of aldehydes is 1. The molecule has 0 aromatic heterocycles. The lowest BCUT2D eigenvalue weighted by atomic mass is 10.1. The molecule has 3 N–H and O–H groups in total. The van der Waals surface area contributed by atoms with Gasteiger partial charge in [-0.25, -0.2) is 4.79 Å². The lowest BCUT2D eigenvalue weighted by Gasteiger charge is -2.27. The molecule has 0 radical (unpaired) electrons. The second kappa shape index (κ2) is 10.3. The quantitative estimate of drug-likeness (QED) is 0.312. The fourth-order valence-electron chi connectivity index (χ4n) is 2.40. The summed E-state index contributed by atoms with van der Waals surface area (Å²) in [5.74, 6) is 0. The van der Waals surface area contributed by atoms with E-state index < -0.39 is 30.6 Å². The molecular weight excluding hydrogens is 304 g/mol. The van der Waals surface area contributed by atoms with Crippen LogP contribution in [0.15, 0.2) is 12.3 Å². The van der Waals surface area contributed by atoms with Gasteiger partial charge in [0.1, 0.15) is 24.6 Å². The Morgan fingerprint density at radius 3 is 2.74 bits per heavy atom. The van der Waals surface area contributed by atoms with Crippen molar-refractivity contribution in [2.24, 2.45) is 0 Å². The molecule has 1 aliphatic heterocycles. The molecule has 132 valence electrons. The Morgan fingerprint density at radius 1 is 1.43 bits per heavy atom. The topological polar surface area (TPSA) is 108 Å². The molecule has 0 spiro atoms. The summed E-state index contributed by atoms with van der Waals surface area (Å²) in [7, 11) is 1.42. The monoisotopic (exact) mass is 330 g/mol. The van der Waals surface area contributed by atoms with Crippen molar-refractivity contribution in [1.29, 1.82) is 0 Å². The van der Waals surface area contributed by atoms with E-state index in [4.69, 9.17) is 9.47 Å². The van der Waals surface area contributed by atoms with Crippen molar-refractivity contribution in [2.45, 2.75) is 50.7 Å². The number of ether oxygens (including phenoxy) is 2. The molecule has 0 unspecified atom stereocenters. The SMILES string of the molecule is CCCCCO[C@H]1[C@@H](O)[C@H](N(/C=C\C=O)C(=O)NC)O[C@@H]1CO. The number of rotatable bonds is 9. The van der Waals surface area contributed by atoms with Crippen LogP contribution < -0.4 is 5.32 Å². The zero-order chi connectivity index (χ0) is 17.2. The number of aliphatic hydroxyl groups is 2. The van der Waals surface area contributed by atoms with Crippen LogP contribution in [0.3, 0.4) is 0 Å². The Morgan fingerprint density at radius 2 is 2.17 bits per heavy atom. The molecule has 0 bridgehead atoms. The summed E-state index contributed by atoms with van der Waals surface area (Å²) in [6.07, 6.45) is 2.08. The van der Waals surface area contributed by atoms with E-state index in [-0.39, 0.29) is 6.61 Å². The van der Waals surface area contributed by atoms with Crippen molar-refractivity contribution in [3.8, 4) is 0 Å². The summed E-state index contributed by atoms with van der Waals surface area (Å²) in [5, 5.41) is 22.2. The number of hydrogen-bond acceptors (Lipinski definition) is 6. The number of unbranched alkanes of at least 4 members (excludes halogenated alkanes) is 2. The van der Waals surface area contributed by atoms with Gasteiger partial charge in [0.05, 0.1) is 6.61 Å². The first-order chi connectivity index (χ1) is 11.1. The fraction of sp³-hybridized carbons (Fsp3) is 0.733. The third kappa shape index (κ3) is 5.28. The molecule has 2 amide bonds. The van der Waals surface area contributed by atoms with Crippen molar-refractivity contribution in [3.05, 3.63) is 12.3 Å². The predicted octanol–water partition coefficient (Wildman–Crippen LogP) is -0.00610. The highest BCUT2D eigenvalue weighted by atomic mass is 16.6. The molecule has 1 rings (SSSR count). The van der Waals surface area contributed by atoms with Gasteiger partial charge in [-0.15, -0.1) is 0 Å². The van der Waals surface area contributed by atoms with Crippen LogP contribution in [0.4, 0.5) is 4.79 Å². The average Bonchev–Trinajstić information content (AvgIpc) is 2.88. The van der Waals surface area contributed by atoms with Gasteiger partial charge >= 0.3 is 6.03 Å². The number of nitrogens with one attached hydrogen (secondary N) is 1. The minimum absolute atomic E-state index is 0.342. The summed E-state index contributed by atoms with van der Waals surface area (Å²) in [6.45, 7) is 2.16. The first-order valence-corrected chi connectivity index (χ1v) is 7.78. The normalized spacial score (nSPS) is 27.3. The lowest BCUT2D eigenvalue weighted by molar-refractivity contribution is -0.104. The molecule has 8 nitrogen and oxygen atoms in total. The highest BCUT2D eigenvalue weighted by molar-refractivity contribution is 5.76. The van der Waals surface area contributed by atoms with Gasteiger partial charge in [-0.3, -0.25) is 9.69 Å². The molecule has 0 aromatic rings. The molecule has 1 saturated heterocycles. The second-order valence-electron chi connectivity index (χ2n) is 5.22. The smallest absolute Gasteiger partial charge is 0.323 e. The highest BCUT2D eigenvalue weighted by Gasteiger charge is 2.47. The summed E-state index contributed by atoms with van der Waals surface area (Å²) < 4.78 is 11.2. The van der Waals surface area contributed by atoms with Crippen LogP contribution in [0.25, 0.3) is 0 Å². The largest absolute Gasteiger partial charge is 0.394 e. The van der Waals surface area contributed by atoms with Crippen LogP contribution in [0.1, 0.15) is 26.2 Å². The van der Waals surface area contributed by atoms with Crippen LogP contribution in [0, 0.1) is 0 Å². The number of amides is 2. The molecule has 0 aromatic carbocycles. The van der Waals surface area contributed by atoms with Gasteiger partial charge in [-0.2, -0.15) is 0 Å². The zero-order valence-corrected chi connectivity index (χ0v) is 13.6. The van der Waals surface area contributed by atoms with Gasteiger partial charge in [0.2, 0.25) is 0 Å². The molecule has 1 aliphatic rings. The molecule has 0 aliphatic carbocycles. The van der Waals surface area contributed by atoms with Crippen molar-refractivity contribution >= 4 is 12.3 Å². The number of hydrogen-bond donors (Lipinski definition) is 3. The number of urea groups is 1. The standard InChI is InChI=1S/C15H26N2O6/c1-3-4-5-9-22-13-11(10-19)23-14(12(13)20)17(7-6-8-18)15(21)16-2/h6-8,11-14,19-20H,3-5,9-10H2,1-2H3,(H,16,21)/b7-6-/t11-,12-,13-,14-/m1/s1. The molecule has 1 fully saturated rings. The first kappa shape index (κ1) is 19.6. The van der Waals surface area contributed by atoms with Gasteiger partial charge in [-0.1, -0.05) is 19.8 Å². The summed E-state index contributed by atoms with van der Waals surface area (Å²) in [6, 6.07) is -0.546. The van der Waals surface area contributed by atoms with E-state index in [0.717, 1.165) is 30.2 Å². The van der Waals surface area contributed by atoms with Crippen LogP contribution in [-0.4, -0.2) is 72.2 Å². The van der Waals surface area contributed by atoms with Crippen LogP contribution in [0.5, 0.6) is 0 Å². The van der Waals surface area contributed by atoms with E-state index in [1.54, 1.807) is 0 Å². The van der Waals surface area contributed by atoms with Crippen LogP contribution >= 0.6 is 0 Å². The Balaban J connectivity index is 2.80. The molecule has 1 heterocycles. The van der Waals surface area contributed by atoms with Gasteiger partial charge in [-0.05, 0) is 12.5 Å². The Labute approximate surface area is 136 Å². The van der Waals surface area contributed by atoms with E-state index in [9.17, 15) is 19.8 Å². The van der Waals surface area contributed by atoms with Gasteiger partial charge in [0, 0.05) is 19.9 Å². The number of carbonyl (C=O) groups is 2. The fourth-order valence-corrected chi connectivity index (χ4v) is 2.40. The molecule has 4 atom stereocenters. The van der Waals surface area contributed by atoms with Gasteiger partial charge in [0.15, 0.2) is 6.23 Å². The number of aliphatic hydroxyl groups excluding tert-OH is 2. The van der Waals surface area contributed by atoms with Crippen molar-refractivity contribution in [3.63, 3.8) is 0 Å². The Kier molecular flexibility index (Phi) is 8.78. The molecule has 23 heavy (non-hydrogen) atoms. The number of allylic oxidation sites excluding steroid dienone is 1. The number of carbonyl (C=O) groups excluding carboxylic acids is 2. The van der Waals surface area contributed by atoms with Gasteiger partial charge < -0.3 is 25.0 Å². The van der Waals surface area contributed by atoms with Crippen LogP contribution in [0.2, 0.25) is 0 Å². The average molecular weight is 330 g/mol. The predicted molar refractivity (Wildman–Crippen MR) is 82.5 cm³/mol. The Hall–Kier alpha value is -1.48. The third-order valence-electron chi connectivity index (χ3n) is 3.60. The van der Waals surface area contributed by atoms with Crippen LogP contribution in [-0.2, 0) is 14.3 Å². The summed E-state index contributed by atoms with van der Waals surface area (Å²) in [5.41, 5.74) is 0. The maximum atomic E-state index is 11.9. The molecular formula is C15H26N2O6. The number of nitrogens with zero attached hydrogens (tertiary/aromatic N) is 1. The second-order valence-corrected chi connectivity index (χ2v) is 5.22. The van der Waals surface area contributed by atoms with Crippen molar-refractivity contribution < 1.29 is 29.3 Å². The van der Waals surface area contributed by atoms with E-state index >= 15 is 0 Å². The highest BCUT2D eigenvalue weighted by Crippen LogP contribution is 2.27. The summed E-state index contributed by atoms with van der Waals surface area (Å²) in [4.78, 5) is 23.5.